The summed E-state index contributed by atoms with van der Waals surface area (Å²) < 4.78 is 48.2. The van der Waals surface area contributed by atoms with Gasteiger partial charge in [0, 0.05) is 12.7 Å². The lowest BCUT2D eigenvalue weighted by atomic mass is 10.1. The molecule has 2 rings (SSSR count). The van der Waals surface area contributed by atoms with Crippen LogP contribution in [0.2, 0.25) is 0 Å². The fourth-order valence-electron chi connectivity index (χ4n) is 2.18. The molecule has 1 aromatic rings. The van der Waals surface area contributed by atoms with Gasteiger partial charge in [-0.05, 0) is 31.1 Å². The minimum absolute atomic E-state index is 0.135. The maximum absolute atomic E-state index is 12.7. The number of rotatable bonds is 4. The van der Waals surface area contributed by atoms with Gasteiger partial charge in [-0.1, -0.05) is 0 Å². The van der Waals surface area contributed by atoms with Crippen LogP contribution in [0.1, 0.15) is 18.6 Å². The normalized spacial score (nSPS) is 19.9. The molecular formula is C14H16F3NO3. The third-order valence-corrected chi connectivity index (χ3v) is 3.14. The molecule has 0 aliphatic carbocycles. The van der Waals surface area contributed by atoms with E-state index in [9.17, 15) is 18.0 Å². The predicted molar refractivity (Wildman–Crippen MR) is 69.4 cm³/mol. The molecule has 0 saturated carbocycles. The molecule has 1 aliphatic heterocycles. The zero-order chi connectivity index (χ0) is 15.3. The molecule has 1 atom stereocenters. The van der Waals surface area contributed by atoms with E-state index in [1.165, 1.54) is 12.3 Å². The van der Waals surface area contributed by atoms with Gasteiger partial charge in [-0.25, -0.2) is 0 Å². The van der Waals surface area contributed by atoms with E-state index in [4.69, 9.17) is 9.15 Å². The van der Waals surface area contributed by atoms with Crippen molar-refractivity contribution in [3.05, 3.63) is 30.2 Å². The summed E-state index contributed by atoms with van der Waals surface area (Å²) in [6.07, 6.45) is 0.595. The average molecular weight is 303 g/mol. The van der Waals surface area contributed by atoms with Gasteiger partial charge in [0.05, 0.1) is 18.9 Å². The summed E-state index contributed by atoms with van der Waals surface area (Å²) >= 11 is 0. The van der Waals surface area contributed by atoms with Crippen LogP contribution in [0.4, 0.5) is 13.2 Å². The highest BCUT2D eigenvalue weighted by atomic mass is 19.4. The molecule has 2 heterocycles. The third kappa shape index (κ3) is 4.93. The first-order valence-electron chi connectivity index (χ1n) is 6.62. The van der Waals surface area contributed by atoms with Crippen molar-refractivity contribution in [1.29, 1.82) is 0 Å². The van der Waals surface area contributed by atoms with Crippen molar-refractivity contribution < 1.29 is 27.1 Å². The van der Waals surface area contributed by atoms with E-state index < -0.39 is 24.7 Å². The summed E-state index contributed by atoms with van der Waals surface area (Å²) in [5.41, 5.74) is 0. The van der Waals surface area contributed by atoms with Crippen LogP contribution in [0.5, 0.6) is 0 Å². The number of halogens is 3. The molecule has 7 heteroatoms. The van der Waals surface area contributed by atoms with Crippen molar-refractivity contribution in [3.63, 3.8) is 0 Å². The van der Waals surface area contributed by atoms with Crippen molar-refractivity contribution in [2.75, 3.05) is 19.8 Å². The summed E-state index contributed by atoms with van der Waals surface area (Å²) in [7, 11) is 0. The van der Waals surface area contributed by atoms with Crippen LogP contribution in [-0.2, 0) is 9.53 Å². The Kier molecular flexibility index (Phi) is 5.06. The highest BCUT2D eigenvalue weighted by Gasteiger charge is 2.36. The van der Waals surface area contributed by atoms with Gasteiger partial charge in [0.2, 0.25) is 5.91 Å². The van der Waals surface area contributed by atoms with Crippen molar-refractivity contribution in [2.45, 2.75) is 25.1 Å². The standard InChI is InChI=1S/C14H16F3NO3/c15-14(16,17)10-18(11-3-1-7-20-9-11)13(19)6-5-12-4-2-8-21-12/h2,4-6,8,11H,1,3,7,9-10H2/b6-5+. The van der Waals surface area contributed by atoms with Crippen LogP contribution in [0.25, 0.3) is 6.08 Å². The second-order valence-electron chi connectivity index (χ2n) is 4.80. The molecule has 0 spiro atoms. The molecule has 1 saturated heterocycles. The molecular weight excluding hydrogens is 287 g/mol. The Morgan fingerprint density at radius 3 is 2.86 bits per heavy atom. The van der Waals surface area contributed by atoms with Gasteiger partial charge in [0.1, 0.15) is 12.3 Å². The molecule has 0 bridgehead atoms. The summed E-state index contributed by atoms with van der Waals surface area (Å²) in [5, 5.41) is 0. The molecule has 0 N–H and O–H groups in total. The Bertz CT molecular complexity index is 476. The molecule has 21 heavy (non-hydrogen) atoms. The minimum atomic E-state index is -4.44. The number of carbonyl (C=O) groups excluding carboxylic acids is 1. The molecule has 1 unspecified atom stereocenters. The highest BCUT2D eigenvalue weighted by Crippen LogP contribution is 2.22. The van der Waals surface area contributed by atoms with E-state index in [0.717, 1.165) is 11.0 Å². The molecule has 0 radical (unpaired) electrons. The van der Waals surface area contributed by atoms with Crippen LogP contribution < -0.4 is 0 Å². The SMILES string of the molecule is O=C(/C=C/c1ccco1)N(CC(F)(F)F)C1CCCOC1. The number of ether oxygens (including phenoxy) is 1. The molecule has 1 aromatic heterocycles. The van der Waals surface area contributed by atoms with Crippen LogP contribution >= 0.6 is 0 Å². The smallest absolute Gasteiger partial charge is 0.406 e. The Morgan fingerprint density at radius 2 is 2.29 bits per heavy atom. The van der Waals surface area contributed by atoms with E-state index in [0.29, 0.717) is 25.2 Å². The predicted octanol–water partition coefficient (Wildman–Crippen LogP) is 2.86. The van der Waals surface area contributed by atoms with Crippen molar-refractivity contribution >= 4 is 12.0 Å². The third-order valence-electron chi connectivity index (χ3n) is 3.14. The van der Waals surface area contributed by atoms with Gasteiger partial charge in [0.25, 0.3) is 0 Å². The first-order valence-corrected chi connectivity index (χ1v) is 6.62. The van der Waals surface area contributed by atoms with Gasteiger partial charge in [-0.2, -0.15) is 13.2 Å². The number of alkyl halides is 3. The lowest BCUT2D eigenvalue weighted by molar-refractivity contribution is -0.167. The summed E-state index contributed by atoms with van der Waals surface area (Å²) in [6.45, 7) is -0.619. The molecule has 116 valence electrons. The van der Waals surface area contributed by atoms with E-state index in [-0.39, 0.29) is 6.61 Å². The minimum Gasteiger partial charge on any atom is -0.465 e. The van der Waals surface area contributed by atoms with Crippen LogP contribution in [0.15, 0.2) is 28.9 Å². The van der Waals surface area contributed by atoms with Gasteiger partial charge in [-0.15, -0.1) is 0 Å². The summed E-state index contributed by atoms with van der Waals surface area (Å²) in [5.74, 6) is -0.283. The van der Waals surface area contributed by atoms with Crippen LogP contribution in [-0.4, -0.2) is 42.8 Å². The topological polar surface area (TPSA) is 42.7 Å². The fourth-order valence-corrected chi connectivity index (χ4v) is 2.18. The zero-order valence-electron chi connectivity index (χ0n) is 11.3. The Hall–Kier alpha value is -1.76. The first kappa shape index (κ1) is 15.6. The monoisotopic (exact) mass is 303 g/mol. The van der Waals surface area contributed by atoms with E-state index in [1.54, 1.807) is 12.1 Å². The Morgan fingerprint density at radius 1 is 1.48 bits per heavy atom. The molecule has 4 nitrogen and oxygen atoms in total. The number of nitrogens with zero attached hydrogens (tertiary/aromatic N) is 1. The molecule has 1 amide bonds. The quantitative estimate of drug-likeness (QED) is 0.803. The second-order valence-corrected chi connectivity index (χ2v) is 4.80. The lowest BCUT2D eigenvalue weighted by Crippen LogP contribution is -2.48. The van der Waals surface area contributed by atoms with Gasteiger partial charge >= 0.3 is 6.18 Å². The maximum Gasteiger partial charge on any atom is 0.406 e. The average Bonchev–Trinajstić information content (AvgIpc) is 2.95. The van der Waals surface area contributed by atoms with E-state index in [1.807, 2.05) is 0 Å². The number of amides is 1. The highest BCUT2D eigenvalue weighted by molar-refractivity contribution is 5.91. The largest absolute Gasteiger partial charge is 0.465 e. The van der Waals surface area contributed by atoms with Crippen LogP contribution in [0.3, 0.4) is 0 Å². The number of hydrogen-bond acceptors (Lipinski definition) is 3. The lowest BCUT2D eigenvalue weighted by Gasteiger charge is -2.34. The molecule has 0 aromatic carbocycles. The fraction of sp³-hybridized carbons (Fsp3) is 0.500. The summed E-state index contributed by atoms with van der Waals surface area (Å²) in [6, 6.07) is 2.70. The number of hydrogen-bond donors (Lipinski definition) is 0. The van der Waals surface area contributed by atoms with Crippen molar-refractivity contribution in [3.8, 4) is 0 Å². The molecule has 1 fully saturated rings. The number of furan rings is 1. The van der Waals surface area contributed by atoms with Gasteiger partial charge in [0.15, 0.2) is 0 Å². The van der Waals surface area contributed by atoms with Gasteiger partial charge in [-0.3, -0.25) is 4.79 Å². The van der Waals surface area contributed by atoms with Crippen LogP contribution in [0, 0.1) is 0 Å². The Balaban J connectivity index is 2.07. The van der Waals surface area contributed by atoms with Crippen molar-refractivity contribution in [1.82, 2.24) is 4.90 Å². The number of carbonyl (C=O) groups is 1. The van der Waals surface area contributed by atoms with Crippen molar-refractivity contribution in [2.24, 2.45) is 0 Å². The second kappa shape index (κ2) is 6.80. The maximum atomic E-state index is 12.7. The Labute approximate surface area is 120 Å². The van der Waals surface area contributed by atoms with E-state index >= 15 is 0 Å². The molecule has 1 aliphatic rings. The van der Waals surface area contributed by atoms with E-state index in [2.05, 4.69) is 0 Å². The zero-order valence-corrected chi connectivity index (χ0v) is 11.3. The summed E-state index contributed by atoms with van der Waals surface area (Å²) in [4.78, 5) is 12.9. The first-order chi connectivity index (χ1) is 9.96. The van der Waals surface area contributed by atoms with Gasteiger partial charge < -0.3 is 14.1 Å².